The molecular weight excluding hydrogens is 409 g/mol. The molecule has 0 aliphatic carbocycles. The molecular formula is C19H22Cl3N3O2. The summed E-state index contributed by atoms with van der Waals surface area (Å²) in [7, 11) is 0. The van der Waals surface area contributed by atoms with Crippen LogP contribution < -0.4 is 10.9 Å². The Balaban J connectivity index is 0.00000131. The first-order valence-corrected chi connectivity index (χ1v) is 8.89. The van der Waals surface area contributed by atoms with E-state index >= 15 is 0 Å². The minimum absolute atomic E-state index is 0. The lowest BCUT2D eigenvalue weighted by Gasteiger charge is -2.29. The van der Waals surface area contributed by atoms with Gasteiger partial charge in [0.25, 0.3) is 11.5 Å². The Morgan fingerprint density at radius 3 is 2.67 bits per heavy atom. The van der Waals surface area contributed by atoms with Crippen LogP contribution in [0.5, 0.6) is 0 Å². The third-order valence-corrected chi connectivity index (χ3v) is 5.72. The number of carbonyl (C=O) groups is 1. The molecule has 2 saturated heterocycles. The Bertz CT molecular complexity index is 886. The summed E-state index contributed by atoms with van der Waals surface area (Å²) in [6.07, 6.45) is 1.46. The van der Waals surface area contributed by atoms with Gasteiger partial charge in [-0.05, 0) is 30.0 Å². The quantitative estimate of drug-likeness (QED) is 0.769. The van der Waals surface area contributed by atoms with E-state index in [0.29, 0.717) is 23.9 Å². The molecule has 1 amide bonds. The fourth-order valence-electron chi connectivity index (χ4n) is 4.19. The summed E-state index contributed by atoms with van der Waals surface area (Å²) in [4.78, 5) is 29.1. The van der Waals surface area contributed by atoms with Crippen LogP contribution in [0.25, 0.3) is 0 Å². The van der Waals surface area contributed by atoms with E-state index in [4.69, 9.17) is 11.6 Å². The SMILES string of the molecule is Cc1ccccc1[C@@H]1[C@H]2CNC[C@H]2CN1C(=O)c1c[nH]c(=O)c(Cl)c1.Cl.Cl. The summed E-state index contributed by atoms with van der Waals surface area (Å²) in [5.41, 5.74) is 2.44. The van der Waals surface area contributed by atoms with Crippen molar-refractivity contribution in [3.8, 4) is 0 Å². The third kappa shape index (κ3) is 3.87. The summed E-state index contributed by atoms with van der Waals surface area (Å²) in [6.45, 7) is 4.65. The van der Waals surface area contributed by atoms with Gasteiger partial charge >= 0.3 is 0 Å². The Labute approximate surface area is 175 Å². The van der Waals surface area contributed by atoms with Gasteiger partial charge in [0.2, 0.25) is 0 Å². The first kappa shape index (κ1) is 21.8. The summed E-state index contributed by atoms with van der Waals surface area (Å²) in [5, 5.41) is 3.49. The van der Waals surface area contributed by atoms with Gasteiger partial charge in [-0.1, -0.05) is 35.9 Å². The summed E-state index contributed by atoms with van der Waals surface area (Å²) >= 11 is 5.91. The molecule has 2 fully saturated rings. The van der Waals surface area contributed by atoms with Gasteiger partial charge in [0.15, 0.2) is 0 Å². The number of nitrogens with one attached hydrogen (secondary N) is 2. The molecule has 1 aromatic carbocycles. The monoisotopic (exact) mass is 429 g/mol. The number of carbonyl (C=O) groups excluding carboxylic acids is 1. The Morgan fingerprint density at radius 2 is 1.96 bits per heavy atom. The second-order valence-corrected chi connectivity index (χ2v) is 7.31. The van der Waals surface area contributed by atoms with Gasteiger partial charge in [-0.2, -0.15) is 0 Å². The van der Waals surface area contributed by atoms with Crippen LogP contribution in [0.4, 0.5) is 0 Å². The molecule has 0 unspecified atom stereocenters. The number of hydrogen-bond acceptors (Lipinski definition) is 3. The number of amides is 1. The van der Waals surface area contributed by atoms with Crippen molar-refractivity contribution in [2.24, 2.45) is 11.8 Å². The fourth-order valence-corrected chi connectivity index (χ4v) is 4.36. The van der Waals surface area contributed by atoms with Crippen molar-refractivity contribution in [1.82, 2.24) is 15.2 Å². The number of hydrogen-bond donors (Lipinski definition) is 2. The standard InChI is InChI=1S/C19H20ClN3O2.2ClH/c1-11-4-2-3-5-14(11)17-15-9-21-7-13(15)10-23(17)19(25)12-6-16(20)18(24)22-8-12;;/h2-6,8,13,15,17,21H,7,9-10H2,1H3,(H,22,24);2*1H/t13-,15-,17+;;/m0../s1. The molecule has 0 radical (unpaired) electrons. The highest BCUT2D eigenvalue weighted by Crippen LogP contribution is 2.44. The largest absolute Gasteiger partial charge is 0.331 e. The molecule has 5 nitrogen and oxygen atoms in total. The molecule has 2 aromatic rings. The van der Waals surface area contributed by atoms with Crippen LogP contribution in [0.3, 0.4) is 0 Å². The lowest BCUT2D eigenvalue weighted by molar-refractivity contribution is 0.0713. The number of halogens is 3. The van der Waals surface area contributed by atoms with Crippen molar-refractivity contribution in [2.75, 3.05) is 19.6 Å². The third-order valence-electron chi connectivity index (χ3n) is 5.44. The van der Waals surface area contributed by atoms with Crippen molar-refractivity contribution in [3.63, 3.8) is 0 Å². The maximum atomic E-state index is 13.2. The van der Waals surface area contributed by atoms with Gasteiger partial charge in [0.1, 0.15) is 5.02 Å². The average Bonchev–Trinajstić information content (AvgIpc) is 3.18. The molecule has 1 aromatic heterocycles. The van der Waals surface area contributed by atoms with Crippen LogP contribution in [0, 0.1) is 18.8 Å². The zero-order valence-electron chi connectivity index (χ0n) is 14.8. The molecule has 0 spiro atoms. The van der Waals surface area contributed by atoms with E-state index in [1.54, 1.807) is 0 Å². The maximum Gasteiger partial charge on any atom is 0.266 e. The van der Waals surface area contributed by atoms with E-state index in [2.05, 4.69) is 29.4 Å². The van der Waals surface area contributed by atoms with E-state index in [-0.39, 0.29) is 47.3 Å². The molecule has 3 heterocycles. The summed E-state index contributed by atoms with van der Waals surface area (Å²) in [5.74, 6) is 0.774. The Hall–Kier alpha value is -1.53. The number of aromatic amines is 1. The van der Waals surface area contributed by atoms with Gasteiger partial charge in [0, 0.05) is 31.7 Å². The lowest BCUT2D eigenvalue weighted by atomic mass is 9.87. The highest BCUT2D eigenvalue weighted by molar-refractivity contribution is 6.30. The van der Waals surface area contributed by atoms with Gasteiger partial charge < -0.3 is 15.2 Å². The number of pyridine rings is 1. The minimum atomic E-state index is -0.379. The normalized spacial score (nSPS) is 23.3. The van der Waals surface area contributed by atoms with E-state index in [1.165, 1.54) is 23.4 Å². The first-order valence-electron chi connectivity index (χ1n) is 8.51. The van der Waals surface area contributed by atoms with Crippen LogP contribution in [-0.4, -0.2) is 35.4 Å². The highest BCUT2D eigenvalue weighted by Gasteiger charge is 2.47. The number of aromatic nitrogens is 1. The smallest absolute Gasteiger partial charge is 0.266 e. The summed E-state index contributed by atoms with van der Waals surface area (Å²) < 4.78 is 0. The number of benzene rings is 1. The average molecular weight is 431 g/mol. The minimum Gasteiger partial charge on any atom is -0.331 e. The van der Waals surface area contributed by atoms with Crippen molar-refractivity contribution in [2.45, 2.75) is 13.0 Å². The number of aryl methyl sites for hydroxylation is 1. The molecule has 2 N–H and O–H groups in total. The topological polar surface area (TPSA) is 65.2 Å². The molecule has 27 heavy (non-hydrogen) atoms. The second kappa shape index (κ2) is 8.65. The zero-order valence-corrected chi connectivity index (χ0v) is 17.2. The number of nitrogens with zero attached hydrogens (tertiary/aromatic N) is 1. The first-order chi connectivity index (χ1) is 12.1. The van der Waals surface area contributed by atoms with Crippen LogP contribution in [0.1, 0.15) is 27.5 Å². The van der Waals surface area contributed by atoms with Crippen molar-refractivity contribution in [3.05, 3.63) is 68.6 Å². The van der Waals surface area contributed by atoms with E-state index < -0.39 is 0 Å². The van der Waals surface area contributed by atoms with Crippen LogP contribution >= 0.6 is 36.4 Å². The molecule has 4 rings (SSSR count). The second-order valence-electron chi connectivity index (χ2n) is 6.91. The molecule has 3 atom stereocenters. The van der Waals surface area contributed by atoms with Gasteiger partial charge in [-0.3, -0.25) is 9.59 Å². The predicted octanol–water partition coefficient (Wildman–Crippen LogP) is 3.21. The van der Waals surface area contributed by atoms with Crippen molar-refractivity contribution in [1.29, 1.82) is 0 Å². The zero-order chi connectivity index (χ0) is 17.6. The maximum absolute atomic E-state index is 13.2. The van der Waals surface area contributed by atoms with Crippen LogP contribution in [0.2, 0.25) is 5.02 Å². The van der Waals surface area contributed by atoms with E-state index in [0.717, 1.165) is 13.1 Å². The lowest BCUT2D eigenvalue weighted by Crippen LogP contribution is -2.35. The Morgan fingerprint density at radius 1 is 1.22 bits per heavy atom. The molecule has 2 aliphatic rings. The number of likely N-dealkylation sites (tertiary alicyclic amines) is 1. The summed E-state index contributed by atoms with van der Waals surface area (Å²) in [6, 6.07) is 9.75. The van der Waals surface area contributed by atoms with Crippen LogP contribution in [0.15, 0.2) is 41.3 Å². The van der Waals surface area contributed by atoms with Gasteiger partial charge in [0.05, 0.1) is 11.6 Å². The highest BCUT2D eigenvalue weighted by atomic mass is 35.5. The molecule has 146 valence electrons. The molecule has 0 bridgehead atoms. The fraction of sp³-hybridized carbons (Fsp3) is 0.368. The van der Waals surface area contributed by atoms with Crippen molar-refractivity contribution >= 4 is 42.3 Å². The molecule has 0 saturated carbocycles. The Kier molecular flexibility index (Phi) is 6.98. The number of rotatable bonds is 2. The predicted molar refractivity (Wildman–Crippen MR) is 111 cm³/mol. The van der Waals surface area contributed by atoms with E-state index in [9.17, 15) is 9.59 Å². The molecule has 8 heteroatoms. The molecule has 2 aliphatic heterocycles. The van der Waals surface area contributed by atoms with Gasteiger partial charge in [-0.15, -0.1) is 24.8 Å². The number of H-pyrrole nitrogens is 1. The van der Waals surface area contributed by atoms with E-state index in [1.807, 2.05) is 17.0 Å². The number of fused-ring (bicyclic) bond motifs is 1. The van der Waals surface area contributed by atoms with Gasteiger partial charge in [-0.25, -0.2) is 0 Å². The van der Waals surface area contributed by atoms with Crippen LogP contribution in [-0.2, 0) is 0 Å². The van der Waals surface area contributed by atoms with Crippen molar-refractivity contribution < 1.29 is 4.79 Å².